The van der Waals surface area contributed by atoms with Crippen LogP contribution in [0.3, 0.4) is 0 Å². The Bertz CT molecular complexity index is 699. The number of aromatic nitrogens is 2. The molecule has 2 aliphatic rings. The molecule has 1 aliphatic carbocycles. The van der Waals surface area contributed by atoms with Crippen molar-refractivity contribution in [3.63, 3.8) is 0 Å². The average Bonchev–Trinajstić information content (AvgIpc) is 3.34. The Morgan fingerprint density at radius 2 is 2.17 bits per heavy atom. The van der Waals surface area contributed by atoms with Crippen molar-refractivity contribution in [3.05, 3.63) is 42.2 Å². The van der Waals surface area contributed by atoms with Crippen LogP contribution in [0.5, 0.6) is 5.88 Å². The fourth-order valence-corrected chi connectivity index (χ4v) is 2.86. The fraction of sp³-hybridized carbons (Fsp3) is 0.471. The van der Waals surface area contributed by atoms with Gasteiger partial charge in [0.25, 0.3) is 5.91 Å². The monoisotopic (exact) mass is 329 g/mol. The molecule has 1 aliphatic heterocycles. The number of hydrogen-bond acceptors (Lipinski definition) is 6. The standard InChI is InChI=1S/C17H19N3O4/c21-17(15-16(11-4-5-11)23-10-19-15)20-12-6-8-22-9-13(12)24-14-3-1-2-7-18-14/h1-3,7,10-13H,4-6,8-9H2,(H,20,21)/t12-,13-/m1/s1. The first-order valence-electron chi connectivity index (χ1n) is 8.21. The summed E-state index contributed by atoms with van der Waals surface area (Å²) in [5, 5.41) is 3.02. The molecule has 0 spiro atoms. The Morgan fingerprint density at radius 1 is 1.25 bits per heavy atom. The number of pyridine rings is 1. The topological polar surface area (TPSA) is 86.5 Å². The van der Waals surface area contributed by atoms with Crippen molar-refractivity contribution in [2.45, 2.75) is 37.3 Å². The van der Waals surface area contributed by atoms with Gasteiger partial charge in [-0.25, -0.2) is 9.97 Å². The summed E-state index contributed by atoms with van der Waals surface area (Å²) in [4.78, 5) is 20.8. The molecule has 2 atom stereocenters. The summed E-state index contributed by atoms with van der Waals surface area (Å²) in [6.07, 6.45) is 5.52. The fourth-order valence-electron chi connectivity index (χ4n) is 2.86. The number of ether oxygens (including phenoxy) is 2. The molecule has 2 fully saturated rings. The molecular formula is C17H19N3O4. The second-order valence-corrected chi connectivity index (χ2v) is 6.11. The summed E-state index contributed by atoms with van der Waals surface area (Å²) in [5.41, 5.74) is 0.389. The molecule has 3 heterocycles. The number of hydrogen-bond donors (Lipinski definition) is 1. The average molecular weight is 329 g/mol. The van der Waals surface area contributed by atoms with E-state index in [1.807, 2.05) is 12.1 Å². The number of nitrogens with one attached hydrogen (secondary N) is 1. The minimum absolute atomic E-state index is 0.156. The van der Waals surface area contributed by atoms with Crippen LogP contribution in [-0.2, 0) is 4.74 Å². The lowest BCUT2D eigenvalue weighted by Gasteiger charge is -2.31. The molecular weight excluding hydrogens is 310 g/mol. The lowest BCUT2D eigenvalue weighted by atomic mass is 10.1. The number of carbonyl (C=O) groups is 1. The molecule has 24 heavy (non-hydrogen) atoms. The van der Waals surface area contributed by atoms with Crippen molar-refractivity contribution in [1.29, 1.82) is 0 Å². The van der Waals surface area contributed by atoms with Crippen molar-refractivity contribution >= 4 is 5.91 Å². The van der Waals surface area contributed by atoms with Gasteiger partial charge < -0.3 is 19.2 Å². The van der Waals surface area contributed by atoms with Gasteiger partial charge in [0.15, 0.2) is 12.1 Å². The Labute approximate surface area is 139 Å². The molecule has 7 nitrogen and oxygen atoms in total. The zero-order valence-corrected chi connectivity index (χ0v) is 13.2. The normalized spacial score (nSPS) is 23.7. The number of carbonyl (C=O) groups excluding carboxylic acids is 1. The van der Waals surface area contributed by atoms with Gasteiger partial charge in [0.1, 0.15) is 11.9 Å². The van der Waals surface area contributed by atoms with Gasteiger partial charge in [-0.3, -0.25) is 4.79 Å². The third kappa shape index (κ3) is 3.26. The first-order chi connectivity index (χ1) is 11.8. The van der Waals surface area contributed by atoms with Crippen LogP contribution in [0.2, 0.25) is 0 Å². The Balaban J connectivity index is 1.44. The molecule has 1 saturated carbocycles. The van der Waals surface area contributed by atoms with E-state index < -0.39 is 0 Å². The molecule has 1 amide bonds. The second kappa shape index (κ2) is 6.60. The van der Waals surface area contributed by atoms with Gasteiger partial charge in [0, 0.05) is 24.8 Å². The maximum atomic E-state index is 12.6. The van der Waals surface area contributed by atoms with Gasteiger partial charge in [0.05, 0.1) is 12.6 Å². The summed E-state index contributed by atoms with van der Waals surface area (Å²) in [6, 6.07) is 5.32. The van der Waals surface area contributed by atoms with E-state index in [-0.39, 0.29) is 18.1 Å². The van der Waals surface area contributed by atoms with Crippen molar-refractivity contribution in [3.8, 4) is 5.88 Å². The Hall–Kier alpha value is -2.41. The van der Waals surface area contributed by atoms with Crippen LogP contribution in [0.4, 0.5) is 0 Å². The quantitative estimate of drug-likeness (QED) is 0.902. The Kier molecular flexibility index (Phi) is 4.17. The minimum atomic E-state index is -0.283. The van der Waals surface area contributed by atoms with E-state index in [4.69, 9.17) is 13.9 Å². The summed E-state index contributed by atoms with van der Waals surface area (Å²) in [6.45, 7) is 0.997. The van der Waals surface area contributed by atoms with Crippen LogP contribution in [0, 0.1) is 0 Å². The maximum absolute atomic E-state index is 12.6. The smallest absolute Gasteiger partial charge is 0.273 e. The largest absolute Gasteiger partial charge is 0.470 e. The summed E-state index contributed by atoms with van der Waals surface area (Å²) in [5.74, 6) is 1.34. The highest BCUT2D eigenvalue weighted by molar-refractivity contribution is 5.93. The van der Waals surface area contributed by atoms with Crippen LogP contribution in [0.15, 0.2) is 35.2 Å². The predicted molar refractivity (Wildman–Crippen MR) is 83.8 cm³/mol. The maximum Gasteiger partial charge on any atom is 0.273 e. The van der Waals surface area contributed by atoms with Gasteiger partial charge in [-0.1, -0.05) is 6.07 Å². The Morgan fingerprint density at radius 3 is 2.96 bits per heavy atom. The minimum Gasteiger partial charge on any atom is -0.470 e. The van der Waals surface area contributed by atoms with Gasteiger partial charge >= 0.3 is 0 Å². The second-order valence-electron chi connectivity index (χ2n) is 6.11. The van der Waals surface area contributed by atoms with Crippen molar-refractivity contribution < 1.29 is 18.7 Å². The third-order valence-corrected chi connectivity index (χ3v) is 4.29. The molecule has 7 heteroatoms. The highest BCUT2D eigenvalue weighted by Crippen LogP contribution is 2.41. The number of oxazole rings is 1. The number of nitrogens with zero attached hydrogens (tertiary/aromatic N) is 2. The van der Waals surface area contributed by atoms with E-state index in [9.17, 15) is 4.79 Å². The van der Waals surface area contributed by atoms with Gasteiger partial charge in [-0.05, 0) is 25.3 Å². The first kappa shape index (κ1) is 15.1. The van der Waals surface area contributed by atoms with Gasteiger partial charge in [-0.2, -0.15) is 0 Å². The number of amides is 1. The lowest BCUT2D eigenvalue weighted by molar-refractivity contribution is -0.0153. The molecule has 0 unspecified atom stereocenters. The van der Waals surface area contributed by atoms with Crippen molar-refractivity contribution in [2.75, 3.05) is 13.2 Å². The van der Waals surface area contributed by atoms with E-state index in [0.717, 1.165) is 12.8 Å². The van der Waals surface area contributed by atoms with E-state index in [0.29, 0.717) is 42.9 Å². The zero-order chi connectivity index (χ0) is 16.4. The molecule has 126 valence electrons. The molecule has 2 aromatic heterocycles. The van der Waals surface area contributed by atoms with E-state index in [1.165, 1.54) is 6.39 Å². The van der Waals surface area contributed by atoms with Crippen LogP contribution >= 0.6 is 0 Å². The van der Waals surface area contributed by atoms with E-state index >= 15 is 0 Å². The summed E-state index contributed by atoms with van der Waals surface area (Å²) >= 11 is 0. The number of rotatable bonds is 5. The van der Waals surface area contributed by atoms with Gasteiger partial charge in [-0.15, -0.1) is 0 Å². The van der Waals surface area contributed by atoms with Crippen molar-refractivity contribution in [1.82, 2.24) is 15.3 Å². The van der Waals surface area contributed by atoms with Crippen LogP contribution in [0.1, 0.15) is 41.4 Å². The predicted octanol–water partition coefficient (Wildman–Crippen LogP) is 1.91. The van der Waals surface area contributed by atoms with Crippen LogP contribution < -0.4 is 10.1 Å². The highest BCUT2D eigenvalue weighted by atomic mass is 16.5. The SMILES string of the molecule is O=C(N[C@@H]1CCOC[C@H]1Oc1ccccn1)c1ncoc1C1CC1. The molecule has 0 radical (unpaired) electrons. The van der Waals surface area contributed by atoms with E-state index in [2.05, 4.69) is 15.3 Å². The summed E-state index contributed by atoms with van der Waals surface area (Å²) < 4.78 is 16.8. The van der Waals surface area contributed by atoms with E-state index in [1.54, 1.807) is 12.3 Å². The molecule has 0 aromatic carbocycles. The molecule has 1 saturated heterocycles. The van der Waals surface area contributed by atoms with Crippen LogP contribution in [-0.4, -0.2) is 41.2 Å². The molecule has 1 N–H and O–H groups in total. The third-order valence-electron chi connectivity index (χ3n) is 4.29. The van der Waals surface area contributed by atoms with Gasteiger partial charge in [0.2, 0.25) is 5.88 Å². The summed E-state index contributed by atoms with van der Waals surface area (Å²) in [7, 11) is 0. The first-order valence-corrected chi connectivity index (χ1v) is 8.21. The molecule has 2 aromatic rings. The zero-order valence-electron chi connectivity index (χ0n) is 13.2. The lowest BCUT2D eigenvalue weighted by Crippen LogP contribution is -2.51. The molecule has 0 bridgehead atoms. The van der Waals surface area contributed by atoms with Crippen molar-refractivity contribution in [2.24, 2.45) is 0 Å². The van der Waals surface area contributed by atoms with Crippen LogP contribution in [0.25, 0.3) is 0 Å². The molecule has 4 rings (SSSR count). The highest BCUT2D eigenvalue weighted by Gasteiger charge is 2.35.